The minimum Gasteiger partial charge on any atom is -0.335 e. The molecule has 0 saturated heterocycles. The Morgan fingerprint density at radius 3 is 2.43 bits per heavy atom. The van der Waals surface area contributed by atoms with E-state index in [0.717, 1.165) is 4.90 Å². The van der Waals surface area contributed by atoms with Crippen LogP contribution in [0, 0.1) is 17.1 Å². The lowest BCUT2D eigenvalue weighted by Gasteiger charge is -2.17. The summed E-state index contributed by atoms with van der Waals surface area (Å²) in [5.74, 6) is -1.62. The number of hydrogen-bond donors (Lipinski definition) is 2. The summed E-state index contributed by atoms with van der Waals surface area (Å²) in [5, 5.41) is 11.5. The Balaban J connectivity index is 1.92. The normalized spacial score (nSPS) is 10.8. The molecule has 146 valence electrons. The Kier molecular flexibility index (Phi) is 6.81. The molecule has 10 heteroatoms. The van der Waals surface area contributed by atoms with E-state index in [1.165, 1.54) is 55.6 Å². The van der Waals surface area contributed by atoms with E-state index in [1.54, 1.807) is 6.07 Å². The highest BCUT2D eigenvalue weighted by molar-refractivity contribution is 7.89. The summed E-state index contributed by atoms with van der Waals surface area (Å²) >= 11 is 0. The van der Waals surface area contributed by atoms with Gasteiger partial charge in [0.2, 0.25) is 21.8 Å². The summed E-state index contributed by atoms with van der Waals surface area (Å²) in [6.45, 7) is -0.908. The van der Waals surface area contributed by atoms with Gasteiger partial charge in [-0.15, -0.1) is 0 Å². The number of hydrogen-bond acceptors (Lipinski definition) is 5. The molecule has 0 saturated carbocycles. The summed E-state index contributed by atoms with van der Waals surface area (Å²) in [4.78, 5) is 24.9. The molecular weight excluding hydrogens is 387 g/mol. The van der Waals surface area contributed by atoms with Gasteiger partial charge in [-0.25, -0.2) is 17.5 Å². The number of sulfonamides is 1. The maximum Gasteiger partial charge on any atom is 0.243 e. The molecule has 8 nitrogen and oxygen atoms in total. The zero-order chi connectivity index (χ0) is 20.7. The Bertz CT molecular complexity index is 1020. The van der Waals surface area contributed by atoms with Crippen LogP contribution in [0.25, 0.3) is 0 Å². The van der Waals surface area contributed by atoms with Crippen LogP contribution in [-0.4, -0.2) is 45.3 Å². The lowest BCUT2D eigenvalue weighted by atomic mass is 10.2. The fourth-order valence-electron chi connectivity index (χ4n) is 2.20. The van der Waals surface area contributed by atoms with E-state index < -0.39 is 34.2 Å². The number of nitrogens with one attached hydrogen (secondary N) is 2. The first-order valence-corrected chi connectivity index (χ1v) is 9.49. The summed E-state index contributed by atoms with van der Waals surface area (Å²) in [6.07, 6.45) is 0. The van der Waals surface area contributed by atoms with Crippen molar-refractivity contribution in [1.29, 1.82) is 5.26 Å². The average Bonchev–Trinajstić information content (AvgIpc) is 2.67. The van der Waals surface area contributed by atoms with Crippen LogP contribution in [0.1, 0.15) is 5.56 Å². The number of amides is 2. The second-order valence-corrected chi connectivity index (χ2v) is 7.47. The smallest absolute Gasteiger partial charge is 0.243 e. The van der Waals surface area contributed by atoms with Crippen LogP contribution in [0.3, 0.4) is 0 Å². The van der Waals surface area contributed by atoms with Gasteiger partial charge in [0.05, 0.1) is 23.5 Å². The highest BCUT2D eigenvalue weighted by atomic mass is 32.2. The molecule has 0 heterocycles. The van der Waals surface area contributed by atoms with Gasteiger partial charge in [0, 0.05) is 12.7 Å². The second kappa shape index (κ2) is 9.07. The number of carbonyl (C=O) groups excluding carboxylic acids is 2. The summed E-state index contributed by atoms with van der Waals surface area (Å²) in [7, 11) is -2.73. The number of likely N-dealkylation sites (N-methyl/N-ethyl adjacent to an activating group) is 1. The van der Waals surface area contributed by atoms with E-state index in [1.807, 2.05) is 0 Å². The van der Waals surface area contributed by atoms with Crippen molar-refractivity contribution in [3.05, 3.63) is 59.9 Å². The fraction of sp³-hybridized carbons (Fsp3) is 0.167. The van der Waals surface area contributed by atoms with Crippen molar-refractivity contribution in [2.24, 2.45) is 0 Å². The van der Waals surface area contributed by atoms with Gasteiger partial charge in [0.1, 0.15) is 11.9 Å². The summed E-state index contributed by atoms with van der Waals surface area (Å²) in [6, 6.07) is 12.5. The molecule has 2 amide bonds. The highest BCUT2D eigenvalue weighted by Crippen LogP contribution is 2.14. The Morgan fingerprint density at radius 2 is 1.79 bits per heavy atom. The molecule has 0 aliphatic heterocycles. The summed E-state index contributed by atoms with van der Waals surface area (Å²) in [5.41, 5.74) is 0.315. The standard InChI is InChI=1S/C18H17FN4O4S/c1-23(12-17(24)22-15-8-6-14(19)7-9-15)18(25)11-21-28(26,27)16-5-3-2-4-13(16)10-20/h2-9,21H,11-12H2,1H3,(H,22,24). The molecule has 0 unspecified atom stereocenters. The molecule has 0 aliphatic rings. The molecule has 0 aliphatic carbocycles. The van der Waals surface area contributed by atoms with E-state index in [0.29, 0.717) is 5.69 Å². The maximum atomic E-state index is 12.9. The SMILES string of the molecule is CN(CC(=O)Nc1ccc(F)cc1)C(=O)CNS(=O)(=O)c1ccccc1C#N. The molecule has 2 aromatic rings. The van der Waals surface area contributed by atoms with Gasteiger partial charge in [-0.05, 0) is 36.4 Å². The largest absolute Gasteiger partial charge is 0.335 e. The number of nitrogens with zero attached hydrogens (tertiary/aromatic N) is 2. The third-order valence-corrected chi connectivity index (χ3v) is 5.10. The van der Waals surface area contributed by atoms with Crippen LogP contribution in [0.2, 0.25) is 0 Å². The van der Waals surface area contributed by atoms with Gasteiger partial charge in [-0.3, -0.25) is 9.59 Å². The zero-order valence-corrected chi connectivity index (χ0v) is 15.7. The third-order valence-electron chi connectivity index (χ3n) is 3.64. The minimum atomic E-state index is -4.07. The Morgan fingerprint density at radius 1 is 1.14 bits per heavy atom. The van der Waals surface area contributed by atoms with Crippen molar-refractivity contribution in [3.8, 4) is 6.07 Å². The molecule has 0 aromatic heterocycles. The van der Waals surface area contributed by atoms with Crippen molar-refractivity contribution < 1.29 is 22.4 Å². The monoisotopic (exact) mass is 404 g/mol. The van der Waals surface area contributed by atoms with Gasteiger partial charge in [0.25, 0.3) is 0 Å². The van der Waals surface area contributed by atoms with Gasteiger partial charge >= 0.3 is 0 Å². The Hall–Kier alpha value is -3.29. The van der Waals surface area contributed by atoms with Crippen LogP contribution < -0.4 is 10.0 Å². The quantitative estimate of drug-likeness (QED) is 0.715. The molecule has 0 spiro atoms. The second-order valence-electron chi connectivity index (χ2n) is 5.74. The molecule has 0 radical (unpaired) electrons. The highest BCUT2D eigenvalue weighted by Gasteiger charge is 2.21. The molecule has 0 atom stereocenters. The number of nitriles is 1. The van der Waals surface area contributed by atoms with Crippen LogP contribution in [-0.2, 0) is 19.6 Å². The van der Waals surface area contributed by atoms with Crippen LogP contribution in [0.5, 0.6) is 0 Å². The lowest BCUT2D eigenvalue weighted by Crippen LogP contribution is -2.41. The zero-order valence-electron chi connectivity index (χ0n) is 14.8. The fourth-order valence-corrected chi connectivity index (χ4v) is 3.33. The number of anilines is 1. The van der Waals surface area contributed by atoms with E-state index in [4.69, 9.17) is 5.26 Å². The number of halogens is 1. The molecule has 28 heavy (non-hydrogen) atoms. The summed E-state index contributed by atoms with van der Waals surface area (Å²) < 4.78 is 39.5. The molecule has 2 aromatic carbocycles. The molecule has 0 fully saturated rings. The molecule has 2 rings (SSSR count). The predicted octanol–water partition coefficient (Wildman–Crippen LogP) is 1.07. The van der Waals surface area contributed by atoms with Gasteiger partial charge < -0.3 is 10.2 Å². The first-order chi connectivity index (χ1) is 13.2. The molecule has 0 bridgehead atoms. The van der Waals surface area contributed by atoms with Gasteiger partial charge in [0.15, 0.2) is 0 Å². The van der Waals surface area contributed by atoms with Gasteiger partial charge in [-0.1, -0.05) is 12.1 Å². The van der Waals surface area contributed by atoms with E-state index in [2.05, 4.69) is 10.0 Å². The van der Waals surface area contributed by atoms with Crippen LogP contribution >= 0.6 is 0 Å². The molecule has 2 N–H and O–H groups in total. The lowest BCUT2D eigenvalue weighted by molar-refractivity contribution is -0.132. The maximum absolute atomic E-state index is 12.9. The van der Waals surface area contributed by atoms with Crippen LogP contribution in [0.4, 0.5) is 10.1 Å². The molecular formula is C18H17FN4O4S. The van der Waals surface area contributed by atoms with E-state index >= 15 is 0 Å². The van der Waals surface area contributed by atoms with Gasteiger partial charge in [-0.2, -0.15) is 5.26 Å². The van der Waals surface area contributed by atoms with Crippen molar-refractivity contribution in [2.45, 2.75) is 4.90 Å². The number of carbonyl (C=O) groups is 2. The van der Waals surface area contributed by atoms with Crippen molar-refractivity contribution >= 4 is 27.5 Å². The minimum absolute atomic E-state index is 0.0468. The number of benzene rings is 2. The first-order valence-electron chi connectivity index (χ1n) is 8.01. The predicted molar refractivity (Wildman–Crippen MR) is 99.0 cm³/mol. The average molecular weight is 404 g/mol. The van der Waals surface area contributed by atoms with Crippen molar-refractivity contribution in [3.63, 3.8) is 0 Å². The van der Waals surface area contributed by atoms with E-state index in [9.17, 15) is 22.4 Å². The van der Waals surface area contributed by atoms with Crippen LogP contribution in [0.15, 0.2) is 53.4 Å². The van der Waals surface area contributed by atoms with Crippen molar-refractivity contribution in [1.82, 2.24) is 9.62 Å². The van der Waals surface area contributed by atoms with E-state index in [-0.39, 0.29) is 17.0 Å². The topological polar surface area (TPSA) is 119 Å². The number of rotatable bonds is 7. The first kappa shape index (κ1) is 21.0. The third kappa shape index (κ3) is 5.60. The Labute approximate surface area is 161 Å². The van der Waals surface area contributed by atoms with Crippen molar-refractivity contribution in [2.75, 3.05) is 25.5 Å².